The number of benzene rings is 2. The molecule has 0 saturated heterocycles. The van der Waals surface area contributed by atoms with Crippen LogP contribution >= 0.6 is 0 Å². The summed E-state index contributed by atoms with van der Waals surface area (Å²) in [6.07, 6.45) is -0.804. The van der Waals surface area contributed by atoms with Crippen molar-refractivity contribution in [3.8, 4) is 11.5 Å². The SMILES string of the molecule is CCn1c([C@H](O)c2ccc3c(c2)OCO3)nc2ccccc21. The summed E-state index contributed by atoms with van der Waals surface area (Å²) in [7, 11) is 0. The van der Waals surface area contributed by atoms with Crippen LogP contribution in [0.15, 0.2) is 42.5 Å². The number of aliphatic hydroxyl groups excluding tert-OH is 1. The molecule has 1 N–H and O–H groups in total. The minimum Gasteiger partial charge on any atom is -0.454 e. The van der Waals surface area contributed by atoms with Crippen molar-refractivity contribution in [1.82, 2.24) is 9.55 Å². The van der Waals surface area contributed by atoms with E-state index in [1.165, 1.54) is 0 Å². The topological polar surface area (TPSA) is 56.5 Å². The maximum atomic E-state index is 10.8. The first-order valence-electron chi connectivity index (χ1n) is 7.30. The largest absolute Gasteiger partial charge is 0.454 e. The molecule has 4 rings (SSSR count). The lowest BCUT2D eigenvalue weighted by molar-refractivity contribution is 0.173. The normalized spacial score (nSPS) is 14.5. The zero-order valence-corrected chi connectivity index (χ0v) is 12.2. The first-order valence-corrected chi connectivity index (χ1v) is 7.30. The van der Waals surface area contributed by atoms with Crippen LogP contribution < -0.4 is 9.47 Å². The lowest BCUT2D eigenvalue weighted by atomic mass is 10.1. The van der Waals surface area contributed by atoms with Crippen LogP contribution in [0.1, 0.15) is 24.4 Å². The Hall–Kier alpha value is -2.53. The van der Waals surface area contributed by atoms with Crippen LogP contribution in [0.5, 0.6) is 11.5 Å². The van der Waals surface area contributed by atoms with E-state index in [9.17, 15) is 5.11 Å². The Morgan fingerprint density at radius 1 is 1.18 bits per heavy atom. The average molecular weight is 296 g/mol. The number of nitrogens with zero attached hydrogens (tertiary/aromatic N) is 2. The summed E-state index contributed by atoms with van der Waals surface area (Å²) in [4.78, 5) is 4.59. The number of hydrogen-bond donors (Lipinski definition) is 1. The Kier molecular flexibility index (Phi) is 3.01. The van der Waals surface area contributed by atoms with E-state index >= 15 is 0 Å². The summed E-state index contributed by atoms with van der Waals surface area (Å²) in [5.74, 6) is 2.01. The smallest absolute Gasteiger partial charge is 0.231 e. The summed E-state index contributed by atoms with van der Waals surface area (Å²) >= 11 is 0. The molecule has 0 bridgehead atoms. The van der Waals surface area contributed by atoms with Crippen LogP contribution in [0, 0.1) is 0 Å². The molecule has 2 aromatic carbocycles. The second-order valence-electron chi connectivity index (χ2n) is 5.22. The number of rotatable bonds is 3. The number of hydrogen-bond acceptors (Lipinski definition) is 4. The molecule has 0 spiro atoms. The summed E-state index contributed by atoms with van der Waals surface area (Å²) < 4.78 is 12.7. The van der Waals surface area contributed by atoms with Gasteiger partial charge in [-0.05, 0) is 36.8 Å². The second kappa shape index (κ2) is 5.03. The van der Waals surface area contributed by atoms with Gasteiger partial charge in [0.15, 0.2) is 11.5 Å². The van der Waals surface area contributed by atoms with Crippen LogP contribution in [0.3, 0.4) is 0 Å². The Bertz CT molecular complexity index is 841. The van der Waals surface area contributed by atoms with E-state index in [1.54, 1.807) is 0 Å². The minimum atomic E-state index is -0.804. The van der Waals surface area contributed by atoms with Gasteiger partial charge in [0.05, 0.1) is 11.0 Å². The van der Waals surface area contributed by atoms with E-state index in [-0.39, 0.29) is 6.79 Å². The predicted molar refractivity (Wildman–Crippen MR) is 82.0 cm³/mol. The van der Waals surface area contributed by atoms with Crippen LogP contribution in [0.25, 0.3) is 11.0 Å². The molecule has 0 amide bonds. The van der Waals surface area contributed by atoms with Crippen molar-refractivity contribution in [2.24, 2.45) is 0 Å². The molecule has 0 aliphatic carbocycles. The number of para-hydroxylation sites is 2. The van der Waals surface area contributed by atoms with Crippen molar-refractivity contribution in [1.29, 1.82) is 0 Å². The van der Waals surface area contributed by atoms with Gasteiger partial charge in [-0.25, -0.2) is 4.98 Å². The molecule has 22 heavy (non-hydrogen) atoms. The van der Waals surface area contributed by atoms with Gasteiger partial charge in [-0.15, -0.1) is 0 Å². The lowest BCUT2D eigenvalue weighted by Crippen LogP contribution is -2.09. The molecule has 0 fully saturated rings. The number of aromatic nitrogens is 2. The fourth-order valence-electron chi connectivity index (χ4n) is 2.87. The van der Waals surface area contributed by atoms with Crippen molar-refractivity contribution >= 4 is 11.0 Å². The standard InChI is InChI=1S/C17H16N2O3/c1-2-19-13-6-4-3-5-12(13)18-17(19)16(20)11-7-8-14-15(9-11)22-10-21-14/h3-9,16,20H,2,10H2,1H3/t16-/m1/s1. The summed E-state index contributed by atoms with van der Waals surface area (Å²) in [6.45, 7) is 3.02. The Balaban J connectivity index is 1.81. The first kappa shape index (κ1) is 13.2. The fourth-order valence-corrected chi connectivity index (χ4v) is 2.87. The highest BCUT2D eigenvalue weighted by Crippen LogP contribution is 2.36. The molecule has 2 heterocycles. The molecule has 0 radical (unpaired) electrons. The zero-order chi connectivity index (χ0) is 15.1. The van der Waals surface area contributed by atoms with Gasteiger partial charge in [-0.3, -0.25) is 0 Å². The molecule has 1 aliphatic rings. The van der Waals surface area contributed by atoms with Crippen molar-refractivity contribution < 1.29 is 14.6 Å². The third kappa shape index (κ3) is 1.94. The summed E-state index contributed by atoms with van der Waals surface area (Å²) in [5.41, 5.74) is 2.66. The highest BCUT2D eigenvalue weighted by atomic mass is 16.7. The van der Waals surface area contributed by atoms with E-state index < -0.39 is 6.10 Å². The quantitative estimate of drug-likeness (QED) is 0.807. The molecular weight excluding hydrogens is 280 g/mol. The van der Waals surface area contributed by atoms with E-state index in [4.69, 9.17) is 9.47 Å². The minimum absolute atomic E-state index is 0.225. The van der Waals surface area contributed by atoms with Crippen LogP contribution in [-0.4, -0.2) is 21.5 Å². The van der Waals surface area contributed by atoms with Gasteiger partial charge in [0.2, 0.25) is 6.79 Å². The molecule has 0 saturated carbocycles. The number of imidazole rings is 1. The van der Waals surface area contributed by atoms with Crippen LogP contribution in [-0.2, 0) is 6.54 Å². The van der Waals surface area contributed by atoms with Crippen LogP contribution in [0.2, 0.25) is 0 Å². The Morgan fingerprint density at radius 3 is 2.86 bits per heavy atom. The van der Waals surface area contributed by atoms with E-state index in [2.05, 4.69) is 4.98 Å². The molecule has 1 aromatic heterocycles. The second-order valence-corrected chi connectivity index (χ2v) is 5.22. The summed E-state index contributed by atoms with van der Waals surface area (Å²) in [5, 5.41) is 10.8. The van der Waals surface area contributed by atoms with Crippen molar-refractivity contribution in [2.75, 3.05) is 6.79 Å². The molecule has 112 valence electrons. The molecule has 1 aliphatic heterocycles. The predicted octanol–water partition coefficient (Wildman–Crippen LogP) is 2.87. The molecule has 0 unspecified atom stereocenters. The molecule has 5 heteroatoms. The number of ether oxygens (including phenoxy) is 2. The molecular formula is C17H16N2O3. The van der Waals surface area contributed by atoms with Gasteiger partial charge < -0.3 is 19.1 Å². The fraction of sp³-hybridized carbons (Fsp3) is 0.235. The lowest BCUT2D eigenvalue weighted by Gasteiger charge is -2.13. The maximum Gasteiger partial charge on any atom is 0.231 e. The van der Waals surface area contributed by atoms with E-state index in [0.29, 0.717) is 17.3 Å². The molecule has 3 aromatic rings. The number of aryl methyl sites for hydroxylation is 1. The molecule has 5 nitrogen and oxygen atoms in total. The first-order chi connectivity index (χ1) is 10.8. The van der Waals surface area contributed by atoms with Gasteiger partial charge in [0.1, 0.15) is 11.9 Å². The molecule has 1 atom stereocenters. The van der Waals surface area contributed by atoms with Crippen molar-refractivity contribution in [2.45, 2.75) is 19.6 Å². The van der Waals surface area contributed by atoms with Gasteiger partial charge in [-0.2, -0.15) is 0 Å². The average Bonchev–Trinajstić information content (AvgIpc) is 3.17. The third-order valence-electron chi connectivity index (χ3n) is 3.96. The Labute approximate surface area is 127 Å². The Morgan fingerprint density at radius 2 is 2.00 bits per heavy atom. The monoisotopic (exact) mass is 296 g/mol. The van der Waals surface area contributed by atoms with Gasteiger partial charge in [0, 0.05) is 6.54 Å². The number of fused-ring (bicyclic) bond motifs is 2. The van der Waals surface area contributed by atoms with Crippen molar-refractivity contribution in [3.63, 3.8) is 0 Å². The van der Waals surface area contributed by atoms with Gasteiger partial charge >= 0.3 is 0 Å². The highest BCUT2D eigenvalue weighted by Gasteiger charge is 2.22. The van der Waals surface area contributed by atoms with E-state index in [1.807, 2.05) is 54.0 Å². The maximum absolute atomic E-state index is 10.8. The van der Waals surface area contributed by atoms with Crippen molar-refractivity contribution in [3.05, 3.63) is 53.9 Å². The van der Waals surface area contributed by atoms with Crippen LogP contribution in [0.4, 0.5) is 0 Å². The van der Waals surface area contributed by atoms with Gasteiger partial charge in [-0.1, -0.05) is 18.2 Å². The van der Waals surface area contributed by atoms with Gasteiger partial charge in [0.25, 0.3) is 0 Å². The zero-order valence-electron chi connectivity index (χ0n) is 12.2. The third-order valence-corrected chi connectivity index (χ3v) is 3.96. The van der Waals surface area contributed by atoms with E-state index in [0.717, 1.165) is 23.1 Å². The highest BCUT2D eigenvalue weighted by molar-refractivity contribution is 5.76. The number of aliphatic hydroxyl groups is 1. The summed E-state index contributed by atoms with van der Waals surface area (Å²) in [6, 6.07) is 13.4.